The van der Waals surface area contributed by atoms with Crippen molar-refractivity contribution >= 4 is 5.91 Å². The molecule has 1 saturated heterocycles. The van der Waals surface area contributed by atoms with E-state index in [2.05, 4.69) is 53.3 Å². The Balaban J connectivity index is 1.32. The molecular formula is C28H29N5O2. The summed E-state index contributed by atoms with van der Waals surface area (Å²) in [6.45, 7) is 3.65. The van der Waals surface area contributed by atoms with Crippen molar-refractivity contribution in [2.45, 2.75) is 32.2 Å². The minimum atomic E-state index is 0.0789. The minimum absolute atomic E-state index is 0.0789. The predicted molar refractivity (Wildman–Crippen MR) is 135 cm³/mol. The molecule has 0 unspecified atom stereocenters. The van der Waals surface area contributed by atoms with Gasteiger partial charge in [0, 0.05) is 24.6 Å². The summed E-state index contributed by atoms with van der Waals surface area (Å²) < 4.78 is 6.99. The fraction of sp³-hybridized carbons (Fsp3) is 0.286. The van der Waals surface area contributed by atoms with Gasteiger partial charge in [-0.25, -0.2) is 9.97 Å². The van der Waals surface area contributed by atoms with Crippen LogP contribution in [0.1, 0.15) is 30.1 Å². The van der Waals surface area contributed by atoms with E-state index in [9.17, 15) is 4.79 Å². The zero-order valence-electron chi connectivity index (χ0n) is 20.1. The molecule has 0 N–H and O–H groups in total. The number of aryl methyl sites for hydroxylation is 1. The summed E-state index contributed by atoms with van der Waals surface area (Å²) in [5, 5.41) is 4.85. The van der Waals surface area contributed by atoms with Gasteiger partial charge in [0.25, 0.3) is 0 Å². The molecule has 0 saturated carbocycles. The number of ether oxygens (including phenoxy) is 1. The Labute approximate surface area is 205 Å². The predicted octanol–water partition coefficient (Wildman–Crippen LogP) is 4.73. The maximum Gasteiger partial charge on any atom is 0.244 e. The first-order valence-electron chi connectivity index (χ1n) is 11.9. The summed E-state index contributed by atoms with van der Waals surface area (Å²) in [7, 11) is 1.61. The highest BCUT2D eigenvalue weighted by molar-refractivity contribution is 5.78. The van der Waals surface area contributed by atoms with Crippen LogP contribution in [0.15, 0.2) is 73.1 Å². The number of carbonyl (C=O) groups is 1. The summed E-state index contributed by atoms with van der Waals surface area (Å²) >= 11 is 0. The highest BCUT2D eigenvalue weighted by Crippen LogP contribution is 2.29. The lowest BCUT2D eigenvalue weighted by Gasteiger charge is -2.31. The van der Waals surface area contributed by atoms with Crippen LogP contribution in [0.25, 0.3) is 22.5 Å². The van der Waals surface area contributed by atoms with Crippen LogP contribution < -0.4 is 4.74 Å². The third-order valence-corrected chi connectivity index (χ3v) is 6.55. The summed E-state index contributed by atoms with van der Waals surface area (Å²) in [4.78, 5) is 24.1. The third-order valence-electron chi connectivity index (χ3n) is 6.55. The number of hydrogen-bond donors (Lipinski definition) is 0. The Morgan fingerprint density at radius 3 is 2.37 bits per heavy atom. The molecule has 2 aromatic carbocycles. The van der Waals surface area contributed by atoms with E-state index in [-0.39, 0.29) is 18.4 Å². The van der Waals surface area contributed by atoms with E-state index < -0.39 is 0 Å². The van der Waals surface area contributed by atoms with E-state index in [1.54, 1.807) is 19.5 Å². The van der Waals surface area contributed by atoms with Crippen molar-refractivity contribution in [1.82, 2.24) is 24.6 Å². The van der Waals surface area contributed by atoms with Gasteiger partial charge in [0.2, 0.25) is 5.91 Å². The van der Waals surface area contributed by atoms with Crippen molar-refractivity contribution in [3.8, 4) is 28.3 Å². The van der Waals surface area contributed by atoms with Crippen LogP contribution in [0.3, 0.4) is 0 Å². The molecule has 35 heavy (non-hydrogen) atoms. The number of aromatic nitrogens is 4. The zero-order valence-corrected chi connectivity index (χ0v) is 20.1. The van der Waals surface area contributed by atoms with E-state index in [1.807, 2.05) is 33.8 Å². The number of rotatable bonds is 6. The second-order valence-electron chi connectivity index (χ2n) is 8.94. The van der Waals surface area contributed by atoms with E-state index in [4.69, 9.17) is 9.84 Å². The van der Waals surface area contributed by atoms with Crippen LogP contribution in [-0.4, -0.2) is 50.8 Å². The molecule has 178 valence electrons. The van der Waals surface area contributed by atoms with Crippen LogP contribution >= 0.6 is 0 Å². The van der Waals surface area contributed by atoms with Crippen LogP contribution in [0.5, 0.6) is 5.75 Å². The number of methoxy groups -OCH3 is 1. The molecule has 0 aliphatic carbocycles. The first-order chi connectivity index (χ1) is 17.1. The molecule has 2 aromatic heterocycles. The molecule has 3 heterocycles. The van der Waals surface area contributed by atoms with Gasteiger partial charge >= 0.3 is 0 Å². The lowest BCUT2D eigenvalue weighted by atomic mass is 9.96. The van der Waals surface area contributed by atoms with Gasteiger partial charge in [0.05, 0.1) is 30.9 Å². The number of hydrogen-bond acceptors (Lipinski definition) is 5. The first kappa shape index (κ1) is 22.8. The second-order valence-corrected chi connectivity index (χ2v) is 8.94. The molecule has 0 atom stereocenters. The Kier molecular flexibility index (Phi) is 6.57. The van der Waals surface area contributed by atoms with Gasteiger partial charge in [-0.1, -0.05) is 54.1 Å². The van der Waals surface area contributed by atoms with Gasteiger partial charge in [0.15, 0.2) is 5.75 Å². The highest BCUT2D eigenvalue weighted by atomic mass is 16.5. The van der Waals surface area contributed by atoms with Crippen molar-refractivity contribution in [2.75, 3.05) is 20.2 Å². The number of piperidine rings is 1. The lowest BCUT2D eigenvalue weighted by molar-refractivity contribution is -0.133. The average molecular weight is 468 g/mol. The number of carbonyl (C=O) groups excluding carboxylic acids is 1. The smallest absolute Gasteiger partial charge is 0.244 e. The molecule has 1 aliphatic heterocycles. The molecule has 5 rings (SSSR count). The Bertz CT molecular complexity index is 1290. The van der Waals surface area contributed by atoms with Gasteiger partial charge in [0.1, 0.15) is 12.4 Å². The average Bonchev–Trinajstić information content (AvgIpc) is 3.33. The van der Waals surface area contributed by atoms with Crippen molar-refractivity contribution in [3.63, 3.8) is 0 Å². The summed E-state index contributed by atoms with van der Waals surface area (Å²) in [5.41, 5.74) is 5.08. The van der Waals surface area contributed by atoms with Gasteiger partial charge in [-0.3, -0.25) is 9.48 Å². The van der Waals surface area contributed by atoms with Gasteiger partial charge in [-0.2, -0.15) is 5.10 Å². The standard InChI is InChI=1S/C28H29N5O2/c1-20-7-6-10-23(15-20)25-16-26(21-8-4-3-5-9-21)33(31-25)19-27(34)32-13-11-22(12-14-32)28-29-17-24(35-2)18-30-28/h3-10,15-18,22H,11-14,19H2,1-2H3. The largest absolute Gasteiger partial charge is 0.494 e. The maximum absolute atomic E-state index is 13.3. The normalized spacial score (nSPS) is 14.2. The molecule has 1 aliphatic rings. The molecule has 0 radical (unpaired) electrons. The Morgan fingerprint density at radius 1 is 0.971 bits per heavy atom. The summed E-state index contributed by atoms with van der Waals surface area (Å²) in [5.74, 6) is 1.80. The number of likely N-dealkylation sites (tertiary alicyclic amines) is 1. The molecule has 1 fully saturated rings. The number of nitrogens with zero attached hydrogens (tertiary/aromatic N) is 5. The molecular weight excluding hydrogens is 438 g/mol. The Hall–Kier alpha value is -4.00. The quantitative estimate of drug-likeness (QED) is 0.410. The second kappa shape index (κ2) is 10.1. The van der Waals surface area contributed by atoms with Gasteiger partial charge in [-0.15, -0.1) is 0 Å². The monoisotopic (exact) mass is 467 g/mol. The fourth-order valence-electron chi connectivity index (χ4n) is 4.58. The SMILES string of the molecule is COc1cnc(C2CCN(C(=O)Cn3nc(-c4cccc(C)c4)cc3-c3ccccc3)CC2)nc1. The highest BCUT2D eigenvalue weighted by Gasteiger charge is 2.26. The summed E-state index contributed by atoms with van der Waals surface area (Å²) in [6.07, 6.45) is 5.09. The number of amides is 1. The fourth-order valence-corrected chi connectivity index (χ4v) is 4.58. The summed E-state index contributed by atoms with van der Waals surface area (Å²) in [6, 6.07) is 20.5. The van der Waals surface area contributed by atoms with E-state index in [0.29, 0.717) is 18.8 Å². The van der Waals surface area contributed by atoms with Crippen LogP contribution in [-0.2, 0) is 11.3 Å². The first-order valence-corrected chi connectivity index (χ1v) is 11.9. The number of benzene rings is 2. The zero-order chi connectivity index (χ0) is 24.2. The Morgan fingerprint density at radius 2 is 1.69 bits per heavy atom. The van der Waals surface area contributed by atoms with Crippen molar-refractivity contribution in [3.05, 3.63) is 84.4 Å². The van der Waals surface area contributed by atoms with E-state index in [0.717, 1.165) is 41.2 Å². The van der Waals surface area contributed by atoms with Crippen molar-refractivity contribution in [1.29, 1.82) is 0 Å². The minimum Gasteiger partial charge on any atom is -0.494 e. The van der Waals surface area contributed by atoms with Crippen LogP contribution in [0.4, 0.5) is 0 Å². The molecule has 4 aromatic rings. The lowest BCUT2D eigenvalue weighted by Crippen LogP contribution is -2.40. The molecule has 0 bridgehead atoms. The van der Waals surface area contributed by atoms with E-state index in [1.165, 1.54) is 5.56 Å². The van der Waals surface area contributed by atoms with Gasteiger partial charge in [-0.05, 0) is 37.5 Å². The maximum atomic E-state index is 13.3. The van der Waals surface area contributed by atoms with Crippen molar-refractivity contribution < 1.29 is 9.53 Å². The molecule has 1 amide bonds. The topological polar surface area (TPSA) is 73.1 Å². The molecule has 7 nitrogen and oxygen atoms in total. The van der Waals surface area contributed by atoms with Gasteiger partial charge < -0.3 is 9.64 Å². The van der Waals surface area contributed by atoms with Crippen LogP contribution in [0.2, 0.25) is 0 Å². The third kappa shape index (κ3) is 5.09. The van der Waals surface area contributed by atoms with E-state index >= 15 is 0 Å². The molecule has 0 spiro atoms. The van der Waals surface area contributed by atoms with Crippen molar-refractivity contribution in [2.24, 2.45) is 0 Å². The molecule has 7 heteroatoms. The van der Waals surface area contributed by atoms with Crippen LogP contribution in [0, 0.1) is 6.92 Å².